The first-order valence-electron chi connectivity index (χ1n) is 6.92. The molecule has 1 heterocycles. The average Bonchev–Trinajstić information content (AvgIpc) is 3.29. The number of nitrogen functional groups attached to an aromatic ring is 1. The summed E-state index contributed by atoms with van der Waals surface area (Å²) in [6.07, 6.45) is 2.32. The predicted octanol–water partition coefficient (Wildman–Crippen LogP) is 3.70. The number of para-hydroxylation sites is 1. The molecule has 1 aliphatic rings. The molecule has 5 heteroatoms. The minimum absolute atomic E-state index is 0.517. The third-order valence-electron chi connectivity index (χ3n) is 3.70. The van der Waals surface area contributed by atoms with Crippen LogP contribution in [0, 0.1) is 11.3 Å². The van der Waals surface area contributed by atoms with Gasteiger partial charge in [0.05, 0.1) is 17.8 Å². The lowest BCUT2D eigenvalue weighted by Gasteiger charge is -2.10. The highest BCUT2D eigenvalue weighted by Gasteiger charge is 2.31. The highest BCUT2D eigenvalue weighted by molar-refractivity contribution is 7.17. The first kappa shape index (κ1) is 13.8. The number of nitrogens with two attached hydrogens (primary N) is 1. The van der Waals surface area contributed by atoms with E-state index in [9.17, 15) is 0 Å². The smallest absolute Gasteiger partial charge is 0.130 e. The predicted molar refractivity (Wildman–Crippen MR) is 85.7 cm³/mol. The molecule has 2 aromatic rings. The Morgan fingerprint density at radius 1 is 1.43 bits per heavy atom. The van der Waals surface area contributed by atoms with Crippen molar-refractivity contribution in [2.24, 2.45) is 0 Å². The monoisotopic (exact) mass is 299 g/mol. The number of nitrogens with zero attached hydrogens (tertiary/aromatic N) is 1. The summed E-state index contributed by atoms with van der Waals surface area (Å²) in [7, 11) is 1.67. The van der Waals surface area contributed by atoms with E-state index in [1.54, 1.807) is 7.11 Å². The number of nitrogens with one attached hydrogen (secondary N) is 1. The third-order valence-corrected chi connectivity index (χ3v) is 4.79. The van der Waals surface area contributed by atoms with Gasteiger partial charge in [0.1, 0.15) is 16.7 Å². The number of thiophene rings is 1. The molecule has 0 aliphatic heterocycles. The van der Waals surface area contributed by atoms with E-state index in [4.69, 9.17) is 15.7 Å². The van der Waals surface area contributed by atoms with Gasteiger partial charge >= 0.3 is 0 Å². The Morgan fingerprint density at radius 2 is 2.19 bits per heavy atom. The summed E-state index contributed by atoms with van der Waals surface area (Å²) in [6, 6.07) is 10.1. The van der Waals surface area contributed by atoms with Crippen LogP contribution in [0.3, 0.4) is 0 Å². The van der Waals surface area contributed by atoms with Crippen molar-refractivity contribution in [3.63, 3.8) is 0 Å². The van der Waals surface area contributed by atoms with Crippen molar-refractivity contribution >= 4 is 22.0 Å². The fraction of sp³-hybridized carbons (Fsp3) is 0.312. The number of anilines is 2. The summed E-state index contributed by atoms with van der Waals surface area (Å²) in [5.41, 5.74) is 8.98. The summed E-state index contributed by atoms with van der Waals surface area (Å²) < 4.78 is 5.36. The average molecular weight is 299 g/mol. The van der Waals surface area contributed by atoms with E-state index in [1.165, 1.54) is 11.3 Å². The number of ether oxygens (including phenoxy) is 1. The first-order chi connectivity index (χ1) is 10.2. The van der Waals surface area contributed by atoms with Crippen molar-refractivity contribution < 1.29 is 4.74 Å². The molecule has 0 bridgehead atoms. The molecule has 1 aliphatic carbocycles. The second kappa shape index (κ2) is 5.66. The Morgan fingerprint density at radius 3 is 2.86 bits per heavy atom. The maximum absolute atomic E-state index is 9.16. The second-order valence-corrected chi connectivity index (χ2v) is 6.16. The van der Waals surface area contributed by atoms with Crippen LogP contribution in [0.4, 0.5) is 10.7 Å². The fourth-order valence-corrected chi connectivity index (χ4v) is 3.47. The SMILES string of the molecule is COc1ccccc1CNc1sc(C#N)c(N)c1C1CC1. The Kier molecular flexibility index (Phi) is 3.72. The molecule has 0 spiro atoms. The van der Waals surface area contributed by atoms with Crippen molar-refractivity contribution in [3.05, 3.63) is 40.3 Å². The Balaban J connectivity index is 1.84. The van der Waals surface area contributed by atoms with Gasteiger partial charge in [-0.05, 0) is 24.8 Å². The zero-order valence-electron chi connectivity index (χ0n) is 11.8. The molecular formula is C16H17N3OS. The van der Waals surface area contributed by atoms with Crippen LogP contribution < -0.4 is 15.8 Å². The molecule has 3 rings (SSSR count). The van der Waals surface area contributed by atoms with Gasteiger partial charge in [-0.2, -0.15) is 5.26 Å². The van der Waals surface area contributed by atoms with Crippen molar-refractivity contribution in [3.8, 4) is 11.8 Å². The van der Waals surface area contributed by atoms with Crippen molar-refractivity contribution in [1.29, 1.82) is 5.26 Å². The number of methoxy groups -OCH3 is 1. The van der Waals surface area contributed by atoms with Gasteiger partial charge in [-0.1, -0.05) is 18.2 Å². The van der Waals surface area contributed by atoms with Crippen molar-refractivity contribution in [2.45, 2.75) is 25.3 Å². The number of hydrogen-bond acceptors (Lipinski definition) is 5. The molecule has 0 atom stereocenters. The normalized spacial score (nSPS) is 13.7. The molecular weight excluding hydrogens is 282 g/mol. The van der Waals surface area contributed by atoms with Gasteiger partial charge in [0.2, 0.25) is 0 Å². The molecule has 0 amide bonds. The van der Waals surface area contributed by atoms with Gasteiger partial charge in [0.15, 0.2) is 0 Å². The summed E-state index contributed by atoms with van der Waals surface area (Å²) in [4.78, 5) is 0.611. The molecule has 1 fully saturated rings. The maximum Gasteiger partial charge on any atom is 0.130 e. The van der Waals surface area contributed by atoms with Gasteiger partial charge in [-0.3, -0.25) is 0 Å². The number of benzene rings is 1. The summed E-state index contributed by atoms with van der Waals surface area (Å²) in [5.74, 6) is 1.38. The molecule has 3 N–H and O–H groups in total. The summed E-state index contributed by atoms with van der Waals surface area (Å²) in [6.45, 7) is 0.661. The van der Waals surface area contributed by atoms with E-state index in [0.717, 1.165) is 34.7 Å². The van der Waals surface area contributed by atoms with Crippen molar-refractivity contribution in [1.82, 2.24) is 0 Å². The van der Waals surface area contributed by atoms with Crippen LogP contribution in [-0.4, -0.2) is 7.11 Å². The first-order valence-corrected chi connectivity index (χ1v) is 7.74. The highest BCUT2D eigenvalue weighted by atomic mass is 32.1. The Bertz CT molecular complexity index is 698. The lowest BCUT2D eigenvalue weighted by atomic mass is 10.1. The summed E-state index contributed by atoms with van der Waals surface area (Å²) >= 11 is 1.45. The quantitative estimate of drug-likeness (QED) is 0.883. The van der Waals surface area contributed by atoms with Crippen LogP contribution in [0.2, 0.25) is 0 Å². The minimum Gasteiger partial charge on any atom is -0.496 e. The van der Waals surface area contributed by atoms with Gasteiger partial charge < -0.3 is 15.8 Å². The lowest BCUT2D eigenvalue weighted by Crippen LogP contribution is -2.02. The van der Waals surface area contributed by atoms with Gasteiger partial charge in [-0.25, -0.2) is 0 Å². The van der Waals surface area contributed by atoms with Gasteiger partial charge in [0, 0.05) is 17.7 Å². The molecule has 1 aromatic heterocycles. The van der Waals surface area contributed by atoms with Crippen LogP contribution in [0.25, 0.3) is 0 Å². The number of hydrogen-bond donors (Lipinski definition) is 2. The molecule has 21 heavy (non-hydrogen) atoms. The van der Waals surface area contributed by atoms with Crippen LogP contribution in [0.1, 0.15) is 34.8 Å². The lowest BCUT2D eigenvalue weighted by molar-refractivity contribution is 0.410. The third kappa shape index (κ3) is 2.67. The Labute approximate surface area is 128 Å². The Hall–Kier alpha value is -2.19. The number of rotatable bonds is 5. The molecule has 0 radical (unpaired) electrons. The van der Waals surface area contributed by atoms with Crippen LogP contribution in [-0.2, 0) is 6.54 Å². The van der Waals surface area contributed by atoms with E-state index in [0.29, 0.717) is 23.0 Å². The van der Waals surface area contributed by atoms with E-state index in [2.05, 4.69) is 11.4 Å². The standard InChI is InChI=1S/C16H17N3OS/c1-20-12-5-3-2-4-11(12)9-19-16-14(10-6-7-10)15(18)13(8-17)21-16/h2-5,10,19H,6-7,9,18H2,1H3. The summed E-state index contributed by atoms with van der Waals surface area (Å²) in [5, 5.41) is 13.6. The van der Waals surface area contributed by atoms with E-state index >= 15 is 0 Å². The van der Waals surface area contributed by atoms with Gasteiger partial charge in [-0.15, -0.1) is 11.3 Å². The topological polar surface area (TPSA) is 71.1 Å². The minimum atomic E-state index is 0.517. The van der Waals surface area contributed by atoms with E-state index in [1.807, 2.05) is 24.3 Å². The van der Waals surface area contributed by atoms with Crippen LogP contribution in [0.5, 0.6) is 5.75 Å². The molecule has 0 saturated heterocycles. The van der Waals surface area contributed by atoms with Crippen LogP contribution in [0.15, 0.2) is 24.3 Å². The zero-order valence-corrected chi connectivity index (χ0v) is 12.7. The van der Waals surface area contributed by atoms with Crippen LogP contribution >= 0.6 is 11.3 Å². The second-order valence-electron chi connectivity index (χ2n) is 5.14. The largest absolute Gasteiger partial charge is 0.496 e. The zero-order chi connectivity index (χ0) is 14.8. The van der Waals surface area contributed by atoms with E-state index < -0.39 is 0 Å². The highest BCUT2D eigenvalue weighted by Crippen LogP contribution is 2.50. The number of nitriles is 1. The van der Waals surface area contributed by atoms with Crippen molar-refractivity contribution in [2.75, 3.05) is 18.2 Å². The molecule has 1 aromatic carbocycles. The molecule has 0 unspecified atom stereocenters. The molecule has 108 valence electrons. The fourth-order valence-electron chi connectivity index (χ4n) is 2.47. The van der Waals surface area contributed by atoms with E-state index in [-0.39, 0.29) is 0 Å². The molecule has 4 nitrogen and oxygen atoms in total. The molecule has 1 saturated carbocycles. The maximum atomic E-state index is 9.16. The van der Waals surface area contributed by atoms with Gasteiger partial charge in [0.25, 0.3) is 0 Å².